The number of carbonyl (C=O) groups excluding carboxylic acids is 2. The Balaban J connectivity index is 1.78. The van der Waals surface area contributed by atoms with Crippen molar-refractivity contribution in [1.82, 2.24) is 20.5 Å². The molecule has 0 bridgehead atoms. The zero-order valence-corrected chi connectivity index (χ0v) is 19.2. The van der Waals surface area contributed by atoms with Gasteiger partial charge in [0.1, 0.15) is 17.2 Å². The van der Waals surface area contributed by atoms with Crippen molar-refractivity contribution in [3.05, 3.63) is 35.4 Å². The summed E-state index contributed by atoms with van der Waals surface area (Å²) in [5, 5.41) is 17.2. The molecule has 2 aromatic heterocycles. The Hall–Kier alpha value is -3.50. The molecule has 5 N–H and O–H groups in total. The first kappa shape index (κ1) is 24.1. The Labute approximate surface area is 191 Å². The van der Waals surface area contributed by atoms with Gasteiger partial charge in [0.2, 0.25) is 0 Å². The molecule has 0 radical (unpaired) electrons. The lowest BCUT2D eigenvalue weighted by Crippen LogP contribution is -2.49. The van der Waals surface area contributed by atoms with E-state index in [2.05, 4.69) is 31.1 Å². The molecule has 0 aromatic carbocycles. The molecule has 2 heterocycles. The average molecular weight is 460 g/mol. The smallest absolute Gasteiger partial charge is 0.407 e. The van der Waals surface area contributed by atoms with E-state index in [0.29, 0.717) is 11.6 Å². The molecular formula is C22H30FN7O3. The number of pyridine rings is 1. The normalized spacial score (nSPS) is 18.3. The minimum atomic E-state index is -0.766. The third-order valence-corrected chi connectivity index (χ3v) is 5.11. The molecule has 0 aliphatic heterocycles. The summed E-state index contributed by atoms with van der Waals surface area (Å²) in [6, 6.07) is 4.04. The molecule has 178 valence electrons. The van der Waals surface area contributed by atoms with Crippen LogP contribution in [0.3, 0.4) is 0 Å². The van der Waals surface area contributed by atoms with Gasteiger partial charge in [-0.1, -0.05) is 12.8 Å². The first-order valence-electron chi connectivity index (χ1n) is 10.9. The van der Waals surface area contributed by atoms with Crippen LogP contribution in [0.1, 0.15) is 62.6 Å². The van der Waals surface area contributed by atoms with Crippen LogP contribution in [0.4, 0.5) is 26.5 Å². The number of carbonyl (C=O) groups is 2. The van der Waals surface area contributed by atoms with Crippen molar-refractivity contribution < 1.29 is 18.7 Å². The Bertz CT molecular complexity index is 1030. The average Bonchev–Trinajstić information content (AvgIpc) is 2.71. The molecule has 0 saturated heterocycles. The van der Waals surface area contributed by atoms with Crippen LogP contribution < -0.4 is 21.7 Å². The number of halogens is 1. The van der Waals surface area contributed by atoms with Crippen molar-refractivity contribution in [2.75, 3.05) is 10.6 Å². The minimum absolute atomic E-state index is 0.0728. The number of hydrogen-bond acceptors (Lipinski definition) is 8. The maximum atomic E-state index is 13.6. The number of aryl methyl sites for hydroxylation is 1. The number of ether oxygens (including phenoxy) is 1. The fourth-order valence-corrected chi connectivity index (χ4v) is 3.62. The standard InChI is InChI=1S/C22H30FN7O3/c1-12-13(23)9-10-17(25-12)27-16-11-18(29-30-19(16)20(24)31)26-14-7-5-6-8-15(14)28-21(32)33-22(2,3)4/h9-11,14-15H,5-8H2,1-4H3,(H2,24,31)(H,28,32)(H2,25,26,27,29)/t14-,15+/m1/s1. The van der Waals surface area contributed by atoms with Crippen LogP contribution in [0.25, 0.3) is 0 Å². The van der Waals surface area contributed by atoms with Crippen LogP contribution in [0.15, 0.2) is 18.2 Å². The number of primary amides is 1. The van der Waals surface area contributed by atoms with Gasteiger partial charge in [0.15, 0.2) is 11.5 Å². The largest absolute Gasteiger partial charge is 0.444 e. The van der Waals surface area contributed by atoms with E-state index in [1.807, 2.05) is 20.8 Å². The first-order chi connectivity index (χ1) is 15.5. The van der Waals surface area contributed by atoms with E-state index in [4.69, 9.17) is 10.5 Å². The molecule has 33 heavy (non-hydrogen) atoms. The highest BCUT2D eigenvalue weighted by molar-refractivity contribution is 5.97. The zero-order valence-electron chi connectivity index (χ0n) is 19.2. The molecule has 1 aliphatic rings. The van der Waals surface area contributed by atoms with Crippen molar-refractivity contribution in [3.63, 3.8) is 0 Å². The van der Waals surface area contributed by atoms with Gasteiger partial charge in [-0.25, -0.2) is 14.2 Å². The fraction of sp³-hybridized carbons (Fsp3) is 0.500. The Morgan fingerprint density at radius 3 is 2.45 bits per heavy atom. The van der Waals surface area contributed by atoms with E-state index in [9.17, 15) is 14.0 Å². The van der Waals surface area contributed by atoms with Gasteiger partial charge < -0.3 is 26.4 Å². The van der Waals surface area contributed by atoms with E-state index >= 15 is 0 Å². The molecule has 1 saturated carbocycles. The van der Waals surface area contributed by atoms with E-state index in [1.165, 1.54) is 19.1 Å². The van der Waals surface area contributed by atoms with Crippen molar-refractivity contribution in [2.24, 2.45) is 5.73 Å². The van der Waals surface area contributed by atoms with E-state index < -0.39 is 23.4 Å². The van der Waals surface area contributed by atoms with Gasteiger partial charge in [-0.15, -0.1) is 10.2 Å². The highest BCUT2D eigenvalue weighted by atomic mass is 19.1. The lowest BCUT2D eigenvalue weighted by Gasteiger charge is -2.33. The summed E-state index contributed by atoms with van der Waals surface area (Å²) in [6.45, 7) is 6.97. The topological polar surface area (TPSA) is 144 Å². The molecule has 10 nitrogen and oxygen atoms in total. The van der Waals surface area contributed by atoms with Crippen LogP contribution in [0.5, 0.6) is 0 Å². The van der Waals surface area contributed by atoms with Gasteiger partial charge in [0, 0.05) is 12.1 Å². The SMILES string of the molecule is Cc1nc(Nc2cc(N[C@@H]3CCCC[C@@H]3NC(=O)OC(C)(C)C)nnc2C(N)=O)ccc1F. The number of aromatic nitrogens is 3. The number of hydrogen-bond donors (Lipinski definition) is 4. The second kappa shape index (κ2) is 9.97. The first-order valence-corrected chi connectivity index (χ1v) is 10.9. The lowest BCUT2D eigenvalue weighted by atomic mass is 9.90. The fourth-order valence-electron chi connectivity index (χ4n) is 3.62. The van der Waals surface area contributed by atoms with Gasteiger partial charge in [-0.3, -0.25) is 4.79 Å². The van der Waals surface area contributed by atoms with E-state index in [0.717, 1.165) is 25.7 Å². The van der Waals surface area contributed by atoms with Crippen molar-refractivity contribution in [1.29, 1.82) is 0 Å². The molecule has 2 amide bonds. The van der Waals surface area contributed by atoms with Crippen LogP contribution in [0, 0.1) is 12.7 Å². The zero-order chi connectivity index (χ0) is 24.2. The van der Waals surface area contributed by atoms with Crippen molar-refractivity contribution in [2.45, 2.75) is 71.1 Å². The molecular weight excluding hydrogens is 429 g/mol. The van der Waals surface area contributed by atoms with Gasteiger partial charge in [0.05, 0.1) is 17.4 Å². The van der Waals surface area contributed by atoms with Crippen LogP contribution in [0.2, 0.25) is 0 Å². The number of anilines is 3. The Morgan fingerprint density at radius 2 is 1.82 bits per heavy atom. The number of nitrogens with one attached hydrogen (secondary N) is 3. The molecule has 3 rings (SSSR count). The summed E-state index contributed by atoms with van der Waals surface area (Å²) in [5.74, 6) is -0.481. The minimum Gasteiger partial charge on any atom is -0.444 e. The predicted molar refractivity (Wildman–Crippen MR) is 122 cm³/mol. The highest BCUT2D eigenvalue weighted by Gasteiger charge is 2.29. The maximum absolute atomic E-state index is 13.6. The van der Waals surface area contributed by atoms with Gasteiger partial charge in [-0.05, 0) is 52.7 Å². The third-order valence-electron chi connectivity index (χ3n) is 5.11. The van der Waals surface area contributed by atoms with Crippen LogP contribution >= 0.6 is 0 Å². The Kier molecular flexibility index (Phi) is 7.29. The third kappa shape index (κ3) is 6.74. The lowest BCUT2D eigenvalue weighted by molar-refractivity contribution is 0.0488. The Morgan fingerprint density at radius 1 is 1.12 bits per heavy atom. The summed E-state index contributed by atoms with van der Waals surface area (Å²) in [6.07, 6.45) is 3.08. The van der Waals surface area contributed by atoms with Gasteiger partial charge in [0.25, 0.3) is 5.91 Å². The summed E-state index contributed by atoms with van der Waals surface area (Å²) in [5.41, 5.74) is 5.27. The second-order valence-electron chi connectivity index (χ2n) is 9.03. The number of amides is 2. The highest BCUT2D eigenvalue weighted by Crippen LogP contribution is 2.25. The van der Waals surface area contributed by atoms with Crippen molar-refractivity contribution >= 4 is 29.3 Å². The number of nitrogens with two attached hydrogens (primary N) is 1. The molecule has 11 heteroatoms. The van der Waals surface area contributed by atoms with Gasteiger partial charge in [-0.2, -0.15) is 0 Å². The van der Waals surface area contributed by atoms with Crippen LogP contribution in [-0.4, -0.2) is 44.9 Å². The van der Waals surface area contributed by atoms with Crippen LogP contribution in [-0.2, 0) is 4.74 Å². The summed E-state index contributed by atoms with van der Waals surface area (Å²) >= 11 is 0. The van der Waals surface area contributed by atoms with Crippen molar-refractivity contribution in [3.8, 4) is 0 Å². The summed E-state index contributed by atoms with van der Waals surface area (Å²) in [7, 11) is 0. The second-order valence-corrected chi connectivity index (χ2v) is 9.03. The molecule has 2 atom stereocenters. The monoisotopic (exact) mass is 459 g/mol. The molecule has 0 spiro atoms. The van der Waals surface area contributed by atoms with Gasteiger partial charge >= 0.3 is 6.09 Å². The molecule has 0 unspecified atom stereocenters. The van der Waals surface area contributed by atoms with E-state index in [-0.39, 0.29) is 29.2 Å². The summed E-state index contributed by atoms with van der Waals surface area (Å²) in [4.78, 5) is 28.2. The predicted octanol–water partition coefficient (Wildman–Crippen LogP) is 3.41. The molecule has 2 aromatic rings. The number of rotatable bonds is 6. The van der Waals surface area contributed by atoms with E-state index in [1.54, 1.807) is 6.07 Å². The summed E-state index contributed by atoms with van der Waals surface area (Å²) < 4.78 is 18.9. The molecule has 1 aliphatic carbocycles. The number of alkyl carbamates (subject to hydrolysis) is 1. The maximum Gasteiger partial charge on any atom is 0.407 e. The quantitative estimate of drug-likeness (QED) is 0.514. The number of nitrogens with zero attached hydrogens (tertiary/aromatic N) is 3. The molecule has 1 fully saturated rings.